The van der Waals surface area contributed by atoms with Crippen molar-refractivity contribution in [3.05, 3.63) is 56.5 Å². The minimum atomic E-state index is 0.451. The first-order valence-corrected chi connectivity index (χ1v) is 8.11. The topological polar surface area (TPSA) is 30.5 Å². The molecule has 0 atom stereocenters. The van der Waals surface area contributed by atoms with Gasteiger partial charge in [0.05, 0.1) is 16.1 Å². The number of methoxy groups -OCH3 is 1. The van der Waals surface area contributed by atoms with E-state index in [-0.39, 0.29) is 0 Å². The molecule has 0 aromatic heterocycles. The van der Waals surface area contributed by atoms with E-state index in [1.165, 1.54) is 5.56 Å². The predicted molar refractivity (Wildman–Crippen MR) is 91.9 cm³/mol. The molecule has 0 heterocycles. The van der Waals surface area contributed by atoms with E-state index in [2.05, 4.69) is 49.3 Å². The maximum absolute atomic E-state index is 5.94. The van der Waals surface area contributed by atoms with E-state index in [0.29, 0.717) is 6.61 Å². The van der Waals surface area contributed by atoms with Gasteiger partial charge in [-0.2, -0.15) is 0 Å². The van der Waals surface area contributed by atoms with Crippen molar-refractivity contribution >= 4 is 31.9 Å². The molecule has 2 aromatic rings. The number of hydrogen-bond donors (Lipinski definition) is 1. The second kappa shape index (κ2) is 7.82. The van der Waals surface area contributed by atoms with Crippen LogP contribution in [-0.2, 0) is 13.2 Å². The van der Waals surface area contributed by atoms with Gasteiger partial charge in [0.1, 0.15) is 18.1 Å². The van der Waals surface area contributed by atoms with E-state index in [1.807, 2.05) is 31.3 Å². The maximum Gasteiger partial charge on any atom is 0.148 e. The molecule has 0 aliphatic rings. The lowest BCUT2D eigenvalue weighted by atomic mass is 10.2. The lowest BCUT2D eigenvalue weighted by Gasteiger charge is -2.14. The Labute approximate surface area is 141 Å². The summed E-state index contributed by atoms with van der Waals surface area (Å²) >= 11 is 7.13. The van der Waals surface area contributed by atoms with Crippen molar-refractivity contribution in [2.45, 2.75) is 13.2 Å². The number of halogens is 2. The summed E-state index contributed by atoms with van der Waals surface area (Å²) in [5.74, 6) is 1.62. The van der Waals surface area contributed by atoms with Gasteiger partial charge in [-0.15, -0.1) is 0 Å². The van der Waals surface area contributed by atoms with E-state index in [0.717, 1.165) is 32.6 Å². The molecule has 21 heavy (non-hydrogen) atoms. The first-order valence-electron chi connectivity index (χ1n) is 6.53. The van der Waals surface area contributed by atoms with Gasteiger partial charge in [-0.1, -0.05) is 18.2 Å². The monoisotopic (exact) mass is 413 g/mol. The molecule has 0 aliphatic carbocycles. The van der Waals surface area contributed by atoms with Gasteiger partial charge >= 0.3 is 0 Å². The minimum Gasteiger partial charge on any atom is -0.496 e. The van der Waals surface area contributed by atoms with Gasteiger partial charge in [0, 0.05) is 12.1 Å². The highest BCUT2D eigenvalue weighted by Crippen LogP contribution is 2.35. The smallest absolute Gasteiger partial charge is 0.148 e. The summed E-state index contributed by atoms with van der Waals surface area (Å²) in [4.78, 5) is 0. The molecule has 2 aromatic carbocycles. The summed E-state index contributed by atoms with van der Waals surface area (Å²) in [5.41, 5.74) is 2.19. The average Bonchev–Trinajstić information content (AvgIpc) is 2.47. The third-order valence-electron chi connectivity index (χ3n) is 3.00. The van der Waals surface area contributed by atoms with Gasteiger partial charge in [0.25, 0.3) is 0 Å². The number of benzene rings is 2. The average molecular weight is 415 g/mol. The van der Waals surface area contributed by atoms with E-state index in [1.54, 1.807) is 7.11 Å². The normalized spacial score (nSPS) is 10.5. The van der Waals surface area contributed by atoms with Crippen LogP contribution in [0.25, 0.3) is 0 Å². The molecule has 1 N–H and O–H groups in total. The van der Waals surface area contributed by atoms with Crippen molar-refractivity contribution in [3.63, 3.8) is 0 Å². The standard InChI is InChI=1S/C16H17Br2NO2/c1-19-9-11-7-13(17)16(14(18)8-11)21-10-12-5-3-4-6-15(12)20-2/h3-8,19H,9-10H2,1-2H3. The van der Waals surface area contributed by atoms with Crippen LogP contribution in [0.2, 0.25) is 0 Å². The number of para-hydroxylation sites is 1. The number of hydrogen-bond acceptors (Lipinski definition) is 3. The summed E-state index contributed by atoms with van der Waals surface area (Å²) in [6, 6.07) is 12.0. The highest BCUT2D eigenvalue weighted by Gasteiger charge is 2.10. The van der Waals surface area contributed by atoms with Crippen molar-refractivity contribution in [2.75, 3.05) is 14.2 Å². The fourth-order valence-electron chi connectivity index (χ4n) is 2.03. The number of nitrogens with one attached hydrogen (secondary N) is 1. The minimum absolute atomic E-state index is 0.451. The fourth-order valence-corrected chi connectivity index (χ4v) is 3.54. The summed E-state index contributed by atoms with van der Waals surface area (Å²) in [5, 5.41) is 3.13. The van der Waals surface area contributed by atoms with Crippen molar-refractivity contribution in [1.82, 2.24) is 5.32 Å². The molecule has 3 nitrogen and oxygen atoms in total. The summed E-state index contributed by atoms with van der Waals surface area (Å²) in [6.45, 7) is 1.26. The van der Waals surface area contributed by atoms with Crippen LogP contribution < -0.4 is 14.8 Å². The van der Waals surface area contributed by atoms with Crippen LogP contribution in [0.1, 0.15) is 11.1 Å². The Balaban J connectivity index is 2.16. The molecule has 0 radical (unpaired) electrons. The molecule has 112 valence electrons. The zero-order chi connectivity index (χ0) is 15.2. The van der Waals surface area contributed by atoms with Crippen molar-refractivity contribution in [2.24, 2.45) is 0 Å². The molecule has 0 amide bonds. The van der Waals surface area contributed by atoms with Gasteiger partial charge in [-0.25, -0.2) is 0 Å². The molecule has 0 unspecified atom stereocenters. The van der Waals surface area contributed by atoms with Crippen LogP contribution in [0.5, 0.6) is 11.5 Å². The molecule has 0 saturated carbocycles. The van der Waals surface area contributed by atoms with Crippen LogP contribution in [-0.4, -0.2) is 14.2 Å². The molecular weight excluding hydrogens is 398 g/mol. The molecule has 0 bridgehead atoms. The Morgan fingerprint density at radius 2 is 1.76 bits per heavy atom. The second-order valence-corrected chi connectivity index (χ2v) is 6.23. The molecule has 0 fully saturated rings. The van der Waals surface area contributed by atoms with E-state index >= 15 is 0 Å². The van der Waals surface area contributed by atoms with Crippen molar-refractivity contribution in [1.29, 1.82) is 0 Å². The van der Waals surface area contributed by atoms with Crippen LogP contribution in [0, 0.1) is 0 Å². The largest absolute Gasteiger partial charge is 0.496 e. The lowest BCUT2D eigenvalue weighted by molar-refractivity contribution is 0.293. The Kier molecular flexibility index (Phi) is 6.08. The lowest BCUT2D eigenvalue weighted by Crippen LogP contribution is -2.05. The van der Waals surface area contributed by atoms with Crippen molar-refractivity contribution in [3.8, 4) is 11.5 Å². The summed E-state index contributed by atoms with van der Waals surface area (Å²) < 4.78 is 13.1. The fraction of sp³-hybridized carbons (Fsp3) is 0.250. The Bertz CT molecular complexity index is 594. The van der Waals surface area contributed by atoms with E-state index in [4.69, 9.17) is 9.47 Å². The highest BCUT2D eigenvalue weighted by molar-refractivity contribution is 9.11. The molecule has 0 aliphatic heterocycles. The molecular formula is C16H17Br2NO2. The van der Waals surface area contributed by atoms with Gasteiger partial charge in [0.15, 0.2) is 0 Å². The van der Waals surface area contributed by atoms with E-state index < -0.39 is 0 Å². The van der Waals surface area contributed by atoms with Crippen LogP contribution >= 0.6 is 31.9 Å². The van der Waals surface area contributed by atoms with Crippen LogP contribution in [0.15, 0.2) is 45.3 Å². The van der Waals surface area contributed by atoms with Gasteiger partial charge in [0.2, 0.25) is 0 Å². The third kappa shape index (κ3) is 4.22. The first-order chi connectivity index (χ1) is 10.2. The predicted octanol–water partition coefficient (Wildman–Crippen LogP) is 4.52. The van der Waals surface area contributed by atoms with E-state index in [9.17, 15) is 0 Å². The Morgan fingerprint density at radius 3 is 2.38 bits per heavy atom. The zero-order valence-electron chi connectivity index (χ0n) is 12.0. The van der Waals surface area contributed by atoms with Gasteiger partial charge in [-0.3, -0.25) is 0 Å². The van der Waals surface area contributed by atoms with Gasteiger partial charge in [-0.05, 0) is 62.7 Å². The third-order valence-corrected chi connectivity index (χ3v) is 4.18. The summed E-state index contributed by atoms with van der Waals surface area (Å²) in [7, 11) is 3.59. The molecule has 2 rings (SSSR count). The zero-order valence-corrected chi connectivity index (χ0v) is 15.1. The molecule has 5 heteroatoms. The van der Waals surface area contributed by atoms with Crippen LogP contribution in [0.3, 0.4) is 0 Å². The SMILES string of the molecule is CNCc1cc(Br)c(OCc2ccccc2OC)c(Br)c1. The Hall–Kier alpha value is -1.04. The van der Waals surface area contributed by atoms with Crippen LogP contribution in [0.4, 0.5) is 0 Å². The highest BCUT2D eigenvalue weighted by atomic mass is 79.9. The second-order valence-electron chi connectivity index (χ2n) is 4.52. The maximum atomic E-state index is 5.94. The van der Waals surface area contributed by atoms with Gasteiger partial charge < -0.3 is 14.8 Å². The Morgan fingerprint density at radius 1 is 1.10 bits per heavy atom. The molecule has 0 spiro atoms. The number of rotatable bonds is 6. The quantitative estimate of drug-likeness (QED) is 0.753. The van der Waals surface area contributed by atoms with Crippen molar-refractivity contribution < 1.29 is 9.47 Å². The molecule has 0 saturated heterocycles. The number of ether oxygens (including phenoxy) is 2. The first kappa shape index (κ1) is 16.3. The summed E-state index contributed by atoms with van der Waals surface area (Å²) in [6.07, 6.45) is 0.